The summed E-state index contributed by atoms with van der Waals surface area (Å²) in [6.45, 7) is 1.14. The Morgan fingerprint density at radius 1 is 1.32 bits per heavy atom. The molecule has 0 aliphatic carbocycles. The smallest absolute Gasteiger partial charge is 0.276 e. The predicted molar refractivity (Wildman–Crippen MR) is 85.8 cm³/mol. The summed E-state index contributed by atoms with van der Waals surface area (Å²) in [4.78, 5) is 22.3. The van der Waals surface area contributed by atoms with Gasteiger partial charge in [0.15, 0.2) is 11.5 Å². The standard InChI is InChI=1S/C17H16N4O4/c22-17(13-9-15(25-20-13)14-4-2-8-23-14)21-7-1-3-12(10-21)24-16-5-6-18-11-19-16/h2,4-6,8-9,11-12H,1,3,7,10H2. The van der Waals surface area contributed by atoms with Crippen LogP contribution in [0.1, 0.15) is 23.3 Å². The van der Waals surface area contributed by atoms with Crippen LogP contribution in [-0.4, -0.2) is 45.1 Å². The van der Waals surface area contributed by atoms with Crippen LogP contribution < -0.4 is 4.74 Å². The van der Waals surface area contributed by atoms with E-state index in [4.69, 9.17) is 13.7 Å². The van der Waals surface area contributed by atoms with E-state index < -0.39 is 0 Å². The van der Waals surface area contributed by atoms with Gasteiger partial charge in [-0.1, -0.05) is 5.16 Å². The summed E-state index contributed by atoms with van der Waals surface area (Å²) < 4.78 is 16.3. The van der Waals surface area contributed by atoms with Gasteiger partial charge in [-0.2, -0.15) is 0 Å². The maximum Gasteiger partial charge on any atom is 0.276 e. The van der Waals surface area contributed by atoms with Gasteiger partial charge in [-0.15, -0.1) is 0 Å². The third-order valence-electron chi connectivity index (χ3n) is 4.00. The summed E-state index contributed by atoms with van der Waals surface area (Å²) in [5.74, 6) is 1.29. The highest BCUT2D eigenvalue weighted by Gasteiger charge is 2.28. The number of rotatable bonds is 4. The zero-order valence-corrected chi connectivity index (χ0v) is 13.4. The Labute approximate surface area is 143 Å². The first-order valence-corrected chi connectivity index (χ1v) is 8.02. The molecule has 1 unspecified atom stereocenters. The molecule has 3 aromatic heterocycles. The van der Waals surface area contributed by atoms with Crippen LogP contribution in [0.3, 0.4) is 0 Å². The van der Waals surface area contributed by atoms with Crippen molar-refractivity contribution in [2.24, 2.45) is 0 Å². The summed E-state index contributed by atoms with van der Waals surface area (Å²) >= 11 is 0. The van der Waals surface area contributed by atoms with Crippen LogP contribution in [0.2, 0.25) is 0 Å². The molecule has 1 aliphatic rings. The maximum atomic E-state index is 12.7. The lowest BCUT2D eigenvalue weighted by molar-refractivity contribution is 0.0518. The van der Waals surface area contributed by atoms with E-state index in [1.165, 1.54) is 6.33 Å². The number of amides is 1. The Bertz CT molecular complexity index is 831. The fourth-order valence-corrected chi connectivity index (χ4v) is 2.81. The molecule has 1 saturated heterocycles. The molecule has 8 nitrogen and oxygen atoms in total. The zero-order chi connectivity index (χ0) is 17.1. The van der Waals surface area contributed by atoms with Crippen molar-refractivity contribution in [1.82, 2.24) is 20.0 Å². The first-order valence-electron chi connectivity index (χ1n) is 8.02. The van der Waals surface area contributed by atoms with Gasteiger partial charge in [0.05, 0.1) is 12.8 Å². The lowest BCUT2D eigenvalue weighted by Crippen LogP contribution is -2.44. The topological polar surface area (TPSA) is 94.5 Å². The molecule has 128 valence electrons. The molecule has 1 aliphatic heterocycles. The van der Waals surface area contributed by atoms with Crippen LogP contribution in [0.15, 0.2) is 52.0 Å². The Morgan fingerprint density at radius 2 is 2.28 bits per heavy atom. The van der Waals surface area contributed by atoms with Crippen molar-refractivity contribution in [3.05, 3.63) is 48.7 Å². The van der Waals surface area contributed by atoms with E-state index in [9.17, 15) is 4.79 Å². The van der Waals surface area contributed by atoms with Crippen molar-refractivity contribution < 1.29 is 18.5 Å². The third kappa shape index (κ3) is 3.37. The largest absolute Gasteiger partial charge is 0.472 e. The van der Waals surface area contributed by atoms with Gasteiger partial charge in [0.1, 0.15) is 12.4 Å². The average Bonchev–Trinajstić information content (AvgIpc) is 3.34. The monoisotopic (exact) mass is 340 g/mol. The number of piperidine rings is 1. The number of hydrogen-bond donors (Lipinski definition) is 0. The molecule has 4 rings (SSSR count). The van der Waals surface area contributed by atoms with E-state index in [0.29, 0.717) is 30.5 Å². The second-order valence-corrected chi connectivity index (χ2v) is 5.73. The number of hydrogen-bond acceptors (Lipinski definition) is 7. The summed E-state index contributed by atoms with van der Waals surface area (Å²) in [5, 5.41) is 3.87. The van der Waals surface area contributed by atoms with Gasteiger partial charge < -0.3 is 18.6 Å². The van der Waals surface area contributed by atoms with Crippen molar-refractivity contribution in [2.75, 3.05) is 13.1 Å². The lowest BCUT2D eigenvalue weighted by Gasteiger charge is -2.32. The van der Waals surface area contributed by atoms with Gasteiger partial charge in [0.25, 0.3) is 5.91 Å². The van der Waals surface area contributed by atoms with Crippen LogP contribution in [0.5, 0.6) is 5.88 Å². The highest BCUT2D eigenvalue weighted by atomic mass is 16.5. The molecule has 1 atom stereocenters. The molecule has 0 saturated carbocycles. The third-order valence-corrected chi connectivity index (χ3v) is 4.00. The lowest BCUT2D eigenvalue weighted by atomic mass is 10.1. The van der Waals surface area contributed by atoms with Crippen LogP contribution in [0.4, 0.5) is 0 Å². The highest BCUT2D eigenvalue weighted by molar-refractivity contribution is 5.93. The second kappa shape index (κ2) is 6.76. The SMILES string of the molecule is O=C(c1cc(-c2ccco2)on1)N1CCCC(Oc2ccncn2)C1. The molecular weight excluding hydrogens is 324 g/mol. The molecule has 8 heteroatoms. The van der Waals surface area contributed by atoms with Crippen molar-refractivity contribution >= 4 is 5.91 Å². The Balaban J connectivity index is 1.43. The van der Waals surface area contributed by atoms with E-state index in [2.05, 4.69) is 15.1 Å². The number of carbonyl (C=O) groups is 1. The fourth-order valence-electron chi connectivity index (χ4n) is 2.81. The highest BCUT2D eigenvalue weighted by Crippen LogP contribution is 2.23. The van der Waals surface area contributed by atoms with Crippen molar-refractivity contribution in [3.8, 4) is 17.4 Å². The Kier molecular flexibility index (Phi) is 4.16. The molecule has 0 N–H and O–H groups in total. The Morgan fingerprint density at radius 3 is 3.08 bits per heavy atom. The minimum atomic E-state index is -0.183. The molecule has 25 heavy (non-hydrogen) atoms. The molecule has 0 radical (unpaired) electrons. The van der Waals surface area contributed by atoms with E-state index in [1.54, 1.807) is 41.6 Å². The number of furan rings is 1. The fraction of sp³-hybridized carbons (Fsp3) is 0.294. The van der Waals surface area contributed by atoms with Crippen LogP contribution >= 0.6 is 0 Å². The van der Waals surface area contributed by atoms with Gasteiger partial charge in [-0.3, -0.25) is 4.79 Å². The number of nitrogens with zero attached hydrogens (tertiary/aromatic N) is 4. The maximum absolute atomic E-state index is 12.7. The second-order valence-electron chi connectivity index (χ2n) is 5.73. The molecule has 4 heterocycles. The molecular formula is C17H16N4O4. The van der Waals surface area contributed by atoms with Gasteiger partial charge in [0, 0.05) is 24.9 Å². The first-order chi connectivity index (χ1) is 12.3. The van der Waals surface area contributed by atoms with Crippen molar-refractivity contribution in [1.29, 1.82) is 0 Å². The normalized spacial score (nSPS) is 17.4. The molecule has 0 bridgehead atoms. The summed E-state index contributed by atoms with van der Waals surface area (Å²) in [7, 11) is 0. The van der Waals surface area contributed by atoms with Gasteiger partial charge in [0.2, 0.25) is 11.6 Å². The Hall–Kier alpha value is -3.16. The van der Waals surface area contributed by atoms with Crippen molar-refractivity contribution in [3.63, 3.8) is 0 Å². The zero-order valence-electron chi connectivity index (χ0n) is 13.4. The molecule has 1 fully saturated rings. The molecule has 0 spiro atoms. The van der Waals surface area contributed by atoms with E-state index in [-0.39, 0.29) is 17.7 Å². The van der Waals surface area contributed by atoms with E-state index >= 15 is 0 Å². The molecule has 1 amide bonds. The van der Waals surface area contributed by atoms with Gasteiger partial charge in [-0.25, -0.2) is 9.97 Å². The van der Waals surface area contributed by atoms with E-state index in [0.717, 1.165) is 12.8 Å². The molecule has 3 aromatic rings. The van der Waals surface area contributed by atoms with Gasteiger partial charge in [-0.05, 0) is 25.0 Å². The summed E-state index contributed by atoms with van der Waals surface area (Å²) in [6.07, 6.45) is 6.21. The van der Waals surface area contributed by atoms with Crippen molar-refractivity contribution in [2.45, 2.75) is 18.9 Å². The number of ether oxygens (including phenoxy) is 1. The van der Waals surface area contributed by atoms with Crippen LogP contribution in [0, 0.1) is 0 Å². The predicted octanol–water partition coefficient (Wildman–Crippen LogP) is 2.41. The number of aromatic nitrogens is 3. The van der Waals surface area contributed by atoms with Gasteiger partial charge >= 0.3 is 0 Å². The summed E-state index contributed by atoms with van der Waals surface area (Å²) in [6, 6.07) is 6.80. The first kappa shape index (κ1) is 15.4. The number of carbonyl (C=O) groups excluding carboxylic acids is 1. The summed E-state index contributed by atoms with van der Waals surface area (Å²) in [5.41, 5.74) is 0.258. The van der Waals surface area contributed by atoms with Crippen LogP contribution in [0.25, 0.3) is 11.5 Å². The minimum absolute atomic E-state index is 0.107. The van der Waals surface area contributed by atoms with Crippen LogP contribution in [-0.2, 0) is 0 Å². The quantitative estimate of drug-likeness (QED) is 0.719. The number of likely N-dealkylation sites (tertiary alicyclic amines) is 1. The average molecular weight is 340 g/mol. The van der Waals surface area contributed by atoms with E-state index in [1.807, 2.05) is 0 Å². The molecule has 0 aromatic carbocycles. The minimum Gasteiger partial charge on any atom is -0.472 e.